The number of hydrogen-bond donors (Lipinski definition) is 1. The topological polar surface area (TPSA) is 15.3 Å². The largest absolute Gasteiger partial charge is 0.316 e. The van der Waals surface area contributed by atoms with Crippen molar-refractivity contribution in [3.63, 3.8) is 0 Å². The molecule has 1 aliphatic rings. The zero-order valence-electron chi connectivity index (χ0n) is 12.7. The van der Waals surface area contributed by atoms with Crippen LogP contribution in [0.15, 0.2) is 24.3 Å². The van der Waals surface area contributed by atoms with E-state index in [2.05, 4.69) is 48.5 Å². The number of nitrogens with zero attached hydrogens (tertiary/aromatic N) is 1. The molecule has 0 saturated heterocycles. The quantitative estimate of drug-likeness (QED) is 0.872. The summed E-state index contributed by atoms with van der Waals surface area (Å²) in [5, 5.41) is 3.27. The second-order valence-electron chi connectivity index (χ2n) is 6.04. The van der Waals surface area contributed by atoms with Crippen LogP contribution in [-0.2, 0) is 13.1 Å². The lowest BCUT2D eigenvalue weighted by molar-refractivity contribution is 0.133. The van der Waals surface area contributed by atoms with E-state index in [-0.39, 0.29) is 0 Å². The zero-order valence-corrected chi connectivity index (χ0v) is 12.7. The predicted molar refractivity (Wildman–Crippen MR) is 82.1 cm³/mol. The van der Waals surface area contributed by atoms with E-state index in [4.69, 9.17) is 0 Å². The molecule has 2 nitrogen and oxygen atoms in total. The Balaban J connectivity index is 2.03. The van der Waals surface area contributed by atoms with E-state index in [1.807, 2.05) is 7.05 Å². The summed E-state index contributed by atoms with van der Waals surface area (Å²) in [5.74, 6) is 0.843. The summed E-state index contributed by atoms with van der Waals surface area (Å²) in [6.07, 6.45) is 5.58. The maximum atomic E-state index is 3.27. The van der Waals surface area contributed by atoms with E-state index in [0.29, 0.717) is 0 Å². The first-order chi connectivity index (χ1) is 9.22. The van der Waals surface area contributed by atoms with Crippen molar-refractivity contribution < 1.29 is 0 Å². The molecule has 1 saturated carbocycles. The van der Waals surface area contributed by atoms with Crippen molar-refractivity contribution in [2.24, 2.45) is 5.92 Å². The highest BCUT2D eigenvalue weighted by molar-refractivity contribution is 5.27. The third-order valence-electron chi connectivity index (χ3n) is 4.54. The van der Waals surface area contributed by atoms with Crippen molar-refractivity contribution >= 4 is 0 Å². The van der Waals surface area contributed by atoms with Crippen molar-refractivity contribution in [2.45, 2.75) is 51.7 Å². The Bertz CT molecular complexity index is 389. The molecular formula is C17H28N2. The second-order valence-corrected chi connectivity index (χ2v) is 6.04. The molecule has 1 fully saturated rings. The second kappa shape index (κ2) is 7.06. The summed E-state index contributed by atoms with van der Waals surface area (Å²) in [5.41, 5.74) is 2.90. The minimum atomic E-state index is 0.761. The Morgan fingerprint density at radius 1 is 1.16 bits per heavy atom. The molecule has 2 heteroatoms. The van der Waals surface area contributed by atoms with Gasteiger partial charge in [0, 0.05) is 19.1 Å². The fraction of sp³-hybridized carbons (Fsp3) is 0.647. The monoisotopic (exact) mass is 260 g/mol. The summed E-state index contributed by atoms with van der Waals surface area (Å²) >= 11 is 0. The maximum Gasteiger partial charge on any atom is 0.0236 e. The molecule has 106 valence electrons. The summed E-state index contributed by atoms with van der Waals surface area (Å²) in [6, 6.07) is 9.57. The minimum absolute atomic E-state index is 0.761. The van der Waals surface area contributed by atoms with Gasteiger partial charge < -0.3 is 5.32 Å². The van der Waals surface area contributed by atoms with Gasteiger partial charge in [-0.3, -0.25) is 4.90 Å². The van der Waals surface area contributed by atoms with Crippen LogP contribution >= 0.6 is 0 Å². The van der Waals surface area contributed by atoms with E-state index in [1.54, 1.807) is 0 Å². The van der Waals surface area contributed by atoms with E-state index in [1.165, 1.54) is 36.8 Å². The van der Waals surface area contributed by atoms with Gasteiger partial charge in [0.1, 0.15) is 0 Å². The smallest absolute Gasteiger partial charge is 0.0236 e. The molecule has 2 atom stereocenters. The first kappa shape index (κ1) is 14.5. The Morgan fingerprint density at radius 3 is 2.53 bits per heavy atom. The van der Waals surface area contributed by atoms with Crippen LogP contribution in [-0.4, -0.2) is 25.0 Å². The van der Waals surface area contributed by atoms with Crippen molar-refractivity contribution in [2.75, 3.05) is 14.1 Å². The van der Waals surface area contributed by atoms with Crippen molar-refractivity contribution in [1.82, 2.24) is 10.2 Å². The average Bonchev–Trinajstić information content (AvgIpc) is 2.41. The normalized spacial score (nSPS) is 23.8. The third-order valence-corrected chi connectivity index (χ3v) is 4.54. The number of nitrogens with one attached hydrogen (secondary N) is 1. The Morgan fingerprint density at radius 2 is 1.84 bits per heavy atom. The van der Waals surface area contributed by atoms with Crippen LogP contribution in [0.4, 0.5) is 0 Å². The van der Waals surface area contributed by atoms with Gasteiger partial charge >= 0.3 is 0 Å². The highest BCUT2D eigenvalue weighted by Crippen LogP contribution is 2.28. The van der Waals surface area contributed by atoms with Crippen LogP contribution in [0.3, 0.4) is 0 Å². The van der Waals surface area contributed by atoms with Crippen LogP contribution in [0.5, 0.6) is 0 Å². The summed E-state index contributed by atoms with van der Waals surface area (Å²) in [4.78, 5) is 2.57. The van der Waals surface area contributed by atoms with Crippen LogP contribution in [0.25, 0.3) is 0 Å². The zero-order chi connectivity index (χ0) is 13.7. The van der Waals surface area contributed by atoms with Gasteiger partial charge in [-0.2, -0.15) is 0 Å². The number of hydrogen-bond acceptors (Lipinski definition) is 2. The average molecular weight is 260 g/mol. The van der Waals surface area contributed by atoms with Gasteiger partial charge in [-0.25, -0.2) is 0 Å². The van der Waals surface area contributed by atoms with Gasteiger partial charge in [0.2, 0.25) is 0 Å². The fourth-order valence-electron chi connectivity index (χ4n) is 3.41. The van der Waals surface area contributed by atoms with Gasteiger partial charge in [0.15, 0.2) is 0 Å². The van der Waals surface area contributed by atoms with E-state index in [9.17, 15) is 0 Å². The molecule has 1 aromatic rings. The van der Waals surface area contributed by atoms with E-state index < -0.39 is 0 Å². The highest BCUT2D eigenvalue weighted by Gasteiger charge is 2.25. The van der Waals surface area contributed by atoms with Gasteiger partial charge in [0.05, 0.1) is 0 Å². The maximum absolute atomic E-state index is 3.27. The lowest BCUT2D eigenvalue weighted by atomic mass is 9.85. The van der Waals surface area contributed by atoms with Gasteiger partial charge in [-0.15, -0.1) is 0 Å². The van der Waals surface area contributed by atoms with Crippen LogP contribution in [0.2, 0.25) is 0 Å². The third kappa shape index (κ3) is 3.80. The van der Waals surface area contributed by atoms with Crippen molar-refractivity contribution in [3.05, 3.63) is 35.4 Å². The Hall–Kier alpha value is -0.860. The summed E-state index contributed by atoms with van der Waals surface area (Å²) in [6.45, 7) is 4.46. The summed E-state index contributed by atoms with van der Waals surface area (Å²) in [7, 11) is 4.31. The summed E-state index contributed by atoms with van der Waals surface area (Å²) < 4.78 is 0. The molecule has 0 bridgehead atoms. The van der Waals surface area contributed by atoms with Gasteiger partial charge in [-0.1, -0.05) is 44.0 Å². The molecule has 0 radical (unpaired) electrons. The van der Waals surface area contributed by atoms with Crippen LogP contribution in [0, 0.1) is 5.92 Å². The molecule has 0 spiro atoms. The van der Waals surface area contributed by atoms with Gasteiger partial charge in [-0.05, 0) is 44.0 Å². The number of rotatable bonds is 5. The standard InChI is InChI=1S/C17H28N2/c1-14-8-4-7-11-17(14)19(3)13-16-10-6-5-9-15(16)12-18-2/h5-6,9-10,14,17-18H,4,7-8,11-13H2,1-3H3. The lowest BCUT2D eigenvalue weighted by Gasteiger charge is -2.36. The Labute approximate surface area is 118 Å². The molecule has 0 aromatic heterocycles. The van der Waals surface area contributed by atoms with Crippen LogP contribution < -0.4 is 5.32 Å². The molecule has 1 aromatic carbocycles. The molecule has 19 heavy (non-hydrogen) atoms. The van der Waals surface area contributed by atoms with Crippen molar-refractivity contribution in [1.29, 1.82) is 0 Å². The Kier molecular flexibility index (Phi) is 5.41. The predicted octanol–water partition coefficient (Wildman–Crippen LogP) is 3.42. The first-order valence-electron chi connectivity index (χ1n) is 7.64. The first-order valence-corrected chi connectivity index (χ1v) is 7.64. The molecule has 0 heterocycles. The van der Waals surface area contributed by atoms with Crippen molar-refractivity contribution in [3.8, 4) is 0 Å². The molecule has 1 aliphatic carbocycles. The molecule has 2 unspecified atom stereocenters. The fourth-order valence-corrected chi connectivity index (χ4v) is 3.41. The molecule has 1 N–H and O–H groups in total. The molecule has 2 rings (SSSR count). The lowest BCUT2D eigenvalue weighted by Crippen LogP contribution is -2.38. The van der Waals surface area contributed by atoms with Gasteiger partial charge in [0.25, 0.3) is 0 Å². The van der Waals surface area contributed by atoms with Crippen LogP contribution in [0.1, 0.15) is 43.7 Å². The molecule has 0 aliphatic heterocycles. The number of benzene rings is 1. The SMILES string of the molecule is CNCc1ccccc1CN(C)C1CCCCC1C. The van der Waals surface area contributed by atoms with E-state index >= 15 is 0 Å². The molecule has 0 amide bonds. The van der Waals surface area contributed by atoms with E-state index in [0.717, 1.165) is 25.0 Å². The highest BCUT2D eigenvalue weighted by atomic mass is 15.1. The minimum Gasteiger partial charge on any atom is -0.316 e. The molecular weight excluding hydrogens is 232 g/mol.